The molecular formula is C27H24BrClFN3O3. The zero-order valence-electron chi connectivity index (χ0n) is 19.9. The maximum atomic E-state index is 14.2. The average molecular weight is 573 g/mol. The van der Waals surface area contributed by atoms with Crippen LogP contribution < -0.4 is 14.8 Å². The Hall–Kier alpha value is -3.36. The quantitative estimate of drug-likeness (QED) is 0.248. The van der Waals surface area contributed by atoms with Crippen LogP contribution in [-0.4, -0.2) is 22.8 Å². The zero-order valence-corrected chi connectivity index (χ0v) is 22.3. The average Bonchev–Trinajstić information content (AvgIpc) is 3.20. The van der Waals surface area contributed by atoms with Crippen LogP contribution in [-0.2, 0) is 13.2 Å². The molecule has 0 aliphatic rings. The molecule has 0 saturated carbocycles. The molecule has 1 heterocycles. The zero-order chi connectivity index (χ0) is 25.8. The van der Waals surface area contributed by atoms with E-state index >= 15 is 0 Å². The van der Waals surface area contributed by atoms with E-state index in [1.165, 1.54) is 10.7 Å². The number of amides is 1. The van der Waals surface area contributed by atoms with E-state index in [1.54, 1.807) is 43.6 Å². The summed E-state index contributed by atoms with van der Waals surface area (Å²) < 4.78 is 27.7. The molecule has 3 aromatic carbocycles. The van der Waals surface area contributed by atoms with Gasteiger partial charge in [0, 0.05) is 27.9 Å². The normalized spacial score (nSPS) is 10.8. The van der Waals surface area contributed by atoms with Gasteiger partial charge in [0.1, 0.15) is 23.9 Å². The van der Waals surface area contributed by atoms with Crippen LogP contribution in [0.3, 0.4) is 0 Å². The van der Waals surface area contributed by atoms with Crippen molar-refractivity contribution >= 4 is 39.3 Å². The predicted octanol–water partition coefficient (Wildman–Crippen LogP) is 6.94. The molecule has 0 bridgehead atoms. The van der Waals surface area contributed by atoms with E-state index in [1.807, 2.05) is 32.0 Å². The highest BCUT2D eigenvalue weighted by molar-refractivity contribution is 9.10. The minimum Gasteiger partial charge on any atom is -0.496 e. The number of hydrogen-bond donors (Lipinski definition) is 1. The number of benzene rings is 3. The molecule has 0 saturated heterocycles. The molecule has 1 N–H and O–H groups in total. The number of carbonyl (C=O) groups excluding carboxylic acids is 1. The number of nitrogens with one attached hydrogen (secondary N) is 1. The van der Waals surface area contributed by atoms with Crippen LogP contribution >= 0.6 is 27.5 Å². The van der Waals surface area contributed by atoms with Gasteiger partial charge in [-0.25, -0.2) is 4.39 Å². The largest absolute Gasteiger partial charge is 0.496 e. The second-order valence-corrected chi connectivity index (χ2v) is 9.52. The van der Waals surface area contributed by atoms with Gasteiger partial charge in [-0.3, -0.25) is 9.48 Å². The third kappa shape index (κ3) is 5.88. The summed E-state index contributed by atoms with van der Waals surface area (Å²) in [5, 5.41) is 7.46. The molecule has 0 atom stereocenters. The first-order valence-electron chi connectivity index (χ1n) is 11.1. The summed E-state index contributed by atoms with van der Waals surface area (Å²) in [4.78, 5) is 13.0. The third-order valence-electron chi connectivity index (χ3n) is 5.60. The molecule has 0 aliphatic carbocycles. The number of rotatable bonds is 8. The van der Waals surface area contributed by atoms with Crippen LogP contribution in [0.15, 0.2) is 65.3 Å². The fourth-order valence-corrected chi connectivity index (χ4v) is 4.28. The maximum absolute atomic E-state index is 14.2. The van der Waals surface area contributed by atoms with E-state index in [4.69, 9.17) is 21.1 Å². The number of carbonyl (C=O) groups is 1. The van der Waals surface area contributed by atoms with Crippen molar-refractivity contribution < 1.29 is 18.7 Å². The summed E-state index contributed by atoms with van der Waals surface area (Å²) in [6.45, 7) is 4.33. The lowest BCUT2D eigenvalue weighted by Crippen LogP contribution is -2.14. The Kier molecular flexibility index (Phi) is 7.96. The molecule has 0 fully saturated rings. The van der Waals surface area contributed by atoms with Gasteiger partial charge in [-0.1, -0.05) is 29.8 Å². The fourth-order valence-electron chi connectivity index (χ4n) is 3.64. The predicted molar refractivity (Wildman–Crippen MR) is 142 cm³/mol. The first kappa shape index (κ1) is 25.7. The van der Waals surface area contributed by atoms with Gasteiger partial charge in [-0.2, -0.15) is 5.10 Å². The van der Waals surface area contributed by atoms with Gasteiger partial charge < -0.3 is 14.8 Å². The molecule has 1 aromatic heterocycles. The van der Waals surface area contributed by atoms with Crippen molar-refractivity contribution in [2.45, 2.75) is 27.0 Å². The summed E-state index contributed by atoms with van der Waals surface area (Å²) in [5.74, 6) is 0.908. The molecule has 36 heavy (non-hydrogen) atoms. The molecule has 4 aromatic rings. The first-order valence-corrected chi connectivity index (χ1v) is 12.3. The van der Waals surface area contributed by atoms with Gasteiger partial charge in [-0.05, 0) is 77.3 Å². The highest BCUT2D eigenvalue weighted by Crippen LogP contribution is 2.27. The van der Waals surface area contributed by atoms with Crippen molar-refractivity contribution in [1.29, 1.82) is 0 Å². The van der Waals surface area contributed by atoms with Gasteiger partial charge in [0.2, 0.25) is 0 Å². The molecule has 0 unspecified atom stereocenters. The summed E-state index contributed by atoms with van der Waals surface area (Å²) in [5.41, 5.74) is 3.57. The molecule has 9 heteroatoms. The van der Waals surface area contributed by atoms with Crippen LogP contribution in [0.5, 0.6) is 11.5 Å². The Labute approximate surface area is 222 Å². The van der Waals surface area contributed by atoms with E-state index in [9.17, 15) is 9.18 Å². The van der Waals surface area contributed by atoms with E-state index in [0.29, 0.717) is 32.2 Å². The van der Waals surface area contributed by atoms with Crippen molar-refractivity contribution in [1.82, 2.24) is 9.78 Å². The molecule has 4 rings (SSSR count). The number of anilines is 1. The van der Waals surface area contributed by atoms with Crippen molar-refractivity contribution in [2.24, 2.45) is 0 Å². The number of hydrogen-bond acceptors (Lipinski definition) is 4. The summed E-state index contributed by atoms with van der Waals surface area (Å²) in [6, 6.07) is 15.6. The lowest BCUT2D eigenvalue weighted by molar-refractivity contribution is 0.102. The summed E-state index contributed by atoms with van der Waals surface area (Å²) in [7, 11) is 1.57. The second kappa shape index (κ2) is 11.1. The Balaban J connectivity index is 1.50. The second-order valence-electron chi connectivity index (χ2n) is 8.26. The number of halogens is 3. The van der Waals surface area contributed by atoms with Gasteiger partial charge in [-0.15, -0.1) is 0 Å². The number of aryl methyl sites for hydroxylation is 2. The molecule has 186 valence electrons. The highest BCUT2D eigenvalue weighted by Gasteiger charge is 2.16. The van der Waals surface area contributed by atoms with Crippen LogP contribution in [0.1, 0.15) is 32.6 Å². The van der Waals surface area contributed by atoms with Crippen molar-refractivity contribution in [3.63, 3.8) is 0 Å². The Morgan fingerprint density at radius 2 is 1.94 bits per heavy atom. The van der Waals surface area contributed by atoms with Crippen LogP contribution in [0, 0.1) is 19.7 Å². The van der Waals surface area contributed by atoms with Crippen molar-refractivity contribution in [2.75, 3.05) is 12.4 Å². The highest BCUT2D eigenvalue weighted by atomic mass is 79.9. The molecule has 1 amide bonds. The van der Waals surface area contributed by atoms with Crippen molar-refractivity contribution in [3.05, 3.63) is 104 Å². The number of ether oxygens (including phenoxy) is 2. The summed E-state index contributed by atoms with van der Waals surface area (Å²) >= 11 is 9.53. The van der Waals surface area contributed by atoms with Crippen LogP contribution in [0.25, 0.3) is 0 Å². The topological polar surface area (TPSA) is 65.4 Å². The van der Waals surface area contributed by atoms with E-state index in [2.05, 4.69) is 26.3 Å². The molecular weight excluding hydrogens is 549 g/mol. The van der Waals surface area contributed by atoms with Gasteiger partial charge >= 0.3 is 0 Å². The molecule has 0 spiro atoms. The monoisotopic (exact) mass is 571 g/mol. The number of nitrogens with zero attached hydrogens (tertiary/aromatic N) is 2. The SMILES string of the molecule is COc1ccc(C(=O)Nc2nn(Cc3c(F)cccc3Cl)cc2Br)cc1COc1cc(C)ccc1C. The number of aromatic nitrogens is 2. The smallest absolute Gasteiger partial charge is 0.256 e. The number of methoxy groups -OCH3 is 1. The van der Waals surface area contributed by atoms with E-state index in [0.717, 1.165) is 22.4 Å². The van der Waals surface area contributed by atoms with E-state index in [-0.39, 0.29) is 19.1 Å². The molecule has 6 nitrogen and oxygen atoms in total. The van der Waals surface area contributed by atoms with Gasteiger partial charge in [0.25, 0.3) is 5.91 Å². The lowest BCUT2D eigenvalue weighted by Gasteiger charge is -2.14. The Morgan fingerprint density at radius 1 is 1.14 bits per heavy atom. The Bertz CT molecular complexity index is 1400. The summed E-state index contributed by atoms with van der Waals surface area (Å²) in [6.07, 6.45) is 1.65. The standard InChI is InChI=1S/C27H24BrClFN3O3/c1-16-7-8-17(2)25(11-16)36-15-19-12-18(9-10-24(19)35-3)27(34)31-26-21(28)14-33(32-26)13-20-22(29)5-4-6-23(20)30/h4-12,14H,13,15H2,1-3H3,(H,31,32,34). The minimum atomic E-state index is -0.423. The van der Waals surface area contributed by atoms with E-state index < -0.39 is 5.82 Å². The maximum Gasteiger partial charge on any atom is 0.256 e. The lowest BCUT2D eigenvalue weighted by atomic mass is 10.1. The first-order chi connectivity index (χ1) is 17.2. The van der Waals surface area contributed by atoms with Crippen LogP contribution in [0.4, 0.5) is 10.2 Å². The molecule has 0 radical (unpaired) electrons. The van der Waals surface area contributed by atoms with Gasteiger partial charge in [0.05, 0.1) is 18.1 Å². The van der Waals surface area contributed by atoms with Crippen LogP contribution in [0.2, 0.25) is 5.02 Å². The third-order valence-corrected chi connectivity index (χ3v) is 6.53. The Morgan fingerprint density at radius 3 is 2.69 bits per heavy atom. The van der Waals surface area contributed by atoms with Gasteiger partial charge in [0.15, 0.2) is 5.82 Å². The minimum absolute atomic E-state index is 0.113. The fraction of sp³-hybridized carbons (Fsp3) is 0.185. The van der Waals surface area contributed by atoms with Crippen molar-refractivity contribution in [3.8, 4) is 11.5 Å². The molecule has 0 aliphatic heterocycles.